The highest BCUT2D eigenvalue weighted by atomic mass is 16.7. The number of ketones is 1. The van der Waals surface area contributed by atoms with Crippen molar-refractivity contribution in [3.8, 4) is 0 Å². The molecule has 2 aromatic carbocycles. The van der Waals surface area contributed by atoms with Crippen molar-refractivity contribution in [2.45, 2.75) is 109 Å². The van der Waals surface area contributed by atoms with Crippen molar-refractivity contribution in [1.29, 1.82) is 0 Å². The first kappa shape index (κ1) is 31.0. The van der Waals surface area contributed by atoms with Crippen LogP contribution in [-0.4, -0.2) is 36.5 Å². The van der Waals surface area contributed by atoms with Gasteiger partial charge in [0.05, 0.1) is 13.2 Å². The topological polar surface area (TPSA) is 76.7 Å². The van der Waals surface area contributed by atoms with E-state index in [9.17, 15) is 9.59 Å². The third-order valence-electron chi connectivity index (χ3n) is 7.63. The monoisotopic (exact) mass is 536 g/mol. The normalized spacial score (nSPS) is 19.1. The van der Waals surface area contributed by atoms with Gasteiger partial charge in [-0.25, -0.2) is 5.48 Å². The van der Waals surface area contributed by atoms with Crippen molar-refractivity contribution in [1.82, 2.24) is 10.8 Å². The fraction of sp³-hybridized carbons (Fsp3) is 0.576. The number of carbonyl (C=O) groups excluding carboxylic acids is 2. The van der Waals surface area contributed by atoms with Crippen LogP contribution in [0.25, 0.3) is 0 Å². The summed E-state index contributed by atoms with van der Waals surface area (Å²) >= 11 is 0. The van der Waals surface area contributed by atoms with Crippen molar-refractivity contribution in [2.75, 3.05) is 13.2 Å². The Hall–Kier alpha value is -2.54. The van der Waals surface area contributed by atoms with Crippen LogP contribution in [0.2, 0.25) is 0 Å². The maximum absolute atomic E-state index is 13.8. The fourth-order valence-electron chi connectivity index (χ4n) is 5.40. The average molecular weight is 537 g/mol. The molecule has 0 saturated carbocycles. The zero-order valence-corrected chi connectivity index (χ0v) is 23.8. The Morgan fingerprint density at radius 2 is 1.51 bits per heavy atom. The first-order valence-corrected chi connectivity index (χ1v) is 15.1. The van der Waals surface area contributed by atoms with Gasteiger partial charge in [0.1, 0.15) is 6.04 Å². The SMILES string of the molecule is CCCCCCCCCCC(=O)C1(CCCCc2ccccc2)OCCNC1C(=O)NOCc1ccccc1. The van der Waals surface area contributed by atoms with Crippen molar-refractivity contribution in [3.63, 3.8) is 0 Å². The minimum absolute atomic E-state index is 0.0311. The Kier molecular flexibility index (Phi) is 14.2. The molecule has 6 nitrogen and oxygen atoms in total. The van der Waals surface area contributed by atoms with E-state index in [-0.39, 0.29) is 18.3 Å². The highest BCUT2D eigenvalue weighted by Gasteiger charge is 2.51. The second-order valence-corrected chi connectivity index (χ2v) is 10.7. The number of nitrogens with one attached hydrogen (secondary N) is 2. The summed E-state index contributed by atoms with van der Waals surface area (Å²) in [5.41, 5.74) is 3.67. The van der Waals surface area contributed by atoms with Gasteiger partial charge >= 0.3 is 0 Å². The van der Waals surface area contributed by atoms with Gasteiger partial charge in [0.25, 0.3) is 5.91 Å². The largest absolute Gasteiger partial charge is 0.364 e. The highest BCUT2D eigenvalue weighted by Crippen LogP contribution is 2.30. The quantitative estimate of drug-likeness (QED) is 0.159. The lowest BCUT2D eigenvalue weighted by Gasteiger charge is -2.42. The van der Waals surface area contributed by atoms with E-state index >= 15 is 0 Å². The molecule has 214 valence electrons. The van der Waals surface area contributed by atoms with Crippen LogP contribution in [0.1, 0.15) is 95.1 Å². The molecule has 1 fully saturated rings. The van der Waals surface area contributed by atoms with E-state index in [1.807, 2.05) is 48.5 Å². The molecule has 1 aliphatic heterocycles. The fourth-order valence-corrected chi connectivity index (χ4v) is 5.40. The smallest absolute Gasteiger partial charge is 0.264 e. The van der Waals surface area contributed by atoms with Crippen LogP contribution in [-0.2, 0) is 32.2 Å². The number of rotatable bonds is 19. The third kappa shape index (κ3) is 10.5. The van der Waals surface area contributed by atoms with Crippen molar-refractivity contribution < 1.29 is 19.2 Å². The first-order valence-electron chi connectivity index (χ1n) is 15.1. The number of benzene rings is 2. The summed E-state index contributed by atoms with van der Waals surface area (Å²) in [6, 6.07) is 19.3. The lowest BCUT2D eigenvalue weighted by atomic mass is 9.80. The predicted octanol–water partition coefficient (Wildman–Crippen LogP) is 6.47. The minimum Gasteiger partial charge on any atom is -0.364 e. The Bertz CT molecular complexity index is 953. The van der Waals surface area contributed by atoms with Gasteiger partial charge in [0.15, 0.2) is 11.4 Å². The number of aryl methyl sites for hydroxylation is 1. The maximum Gasteiger partial charge on any atom is 0.264 e. The standard InChI is InChI=1S/C33H48N2O4/c1-2-3-4-5-6-7-8-15-23-30(36)33(24-17-16-20-28-18-11-9-12-19-28)31(34-25-26-38-33)32(37)35-39-27-29-21-13-10-14-22-29/h9-14,18-19,21-22,31,34H,2-8,15-17,20,23-27H2,1H3,(H,35,37). The zero-order chi connectivity index (χ0) is 27.6. The van der Waals surface area contributed by atoms with Crippen LogP contribution in [0.5, 0.6) is 0 Å². The van der Waals surface area contributed by atoms with E-state index in [0.717, 1.165) is 44.1 Å². The van der Waals surface area contributed by atoms with E-state index in [1.165, 1.54) is 37.7 Å². The molecule has 1 amide bonds. The van der Waals surface area contributed by atoms with Crippen LogP contribution in [0.15, 0.2) is 60.7 Å². The van der Waals surface area contributed by atoms with E-state index in [2.05, 4.69) is 29.9 Å². The van der Waals surface area contributed by atoms with Crippen LogP contribution in [0.3, 0.4) is 0 Å². The predicted molar refractivity (Wildman–Crippen MR) is 156 cm³/mol. The van der Waals surface area contributed by atoms with Crippen molar-refractivity contribution in [2.24, 2.45) is 0 Å². The van der Waals surface area contributed by atoms with Gasteiger partial charge in [-0.05, 0) is 43.2 Å². The van der Waals surface area contributed by atoms with Crippen LogP contribution in [0.4, 0.5) is 0 Å². The van der Waals surface area contributed by atoms with Crippen molar-refractivity contribution >= 4 is 11.7 Å². The molecule has 2 aromatic rings. The summed E-state index contributed by atoms with van der Waals surface area (Å²) in [6.45, 7) is 3.43. The molecule has 3 rings (SSSR count). The molecular weight excluding hydrogens is 488 g/mol. The Labute approximate surface area is 235 Å². The number of hydrogen-bond donors (Lipinski definition) is 2. The van der Waals surface area contributed by atoms with E-state index < -0.39 is 11.6 Å². The van der Waals surface area contributed by atoms with Crippen LogP contribution >= 0.6 is 0 Å². The zero-order valence-electron chi connectivity index (χ0n) is 23.8. The Morgan fingerprint density at radius 1 is 0.872 bits per heavy atom. The number of carbonyl (C=O) groups is 2. The van der Waals surface area contributed by atoms with Gasteiger partial charge in [-0.2, -0.15) is 0 Å². The minimum atomic E-state index is -1.17. The van der Waals surface area contributed by atoms with Gasteiger partial charge in [-0.3, -0.25) is 14.4 Å². The van der Waals surface area contributed by atoms with E-state index in [0.29, 0.717) is 26.0 Å². The molecule has 0 bridgehead atoms. The Morgan fingerprint density at radius 3 is 2.21 bits per heavy atom. The second kappa shape index (κ2) is 17.9. The summed E-state index contributed by atoms with van der Waals surface area (Å²) in [6.07, 6.45) is 13.0. The van der Waals surface area contributed by atoms with Crippen LogP contribution in [0, 0.1) is 0 Å². The van der Waals surface area contributed by atoms with Gasteiger partial charge in [0, 0.05) is 13.0 Å². The van der Waals surface area contributed by atoms with Gasteiger partial charge in [-0.15, -0.1) is 0 Å². The summed E-state index contributed by atoms with van der Waals surface area (Å²) in [5, 5.41) is 3.29. The third-order valence-corrected chi connectivity index (χ3v) is 7.63. The molecule has 2 atom stereocenters. The lowest BCUT2D eigenvalue weighted by molar-refractivity contribution is -0.169. The number of ether oxygens (including phenoxy) is 1. The number of hydrogen-bond acceptors (Lipinski definition) is 5. The van der Waals surface area contributed by atoms with Gasteiger partial charge in [-0.1, -0.05) is 113 Å². The number of amides is 1. The molecule has 1 heterocycles. The lowest BCUT2D eigenvalue weighted by Crippen LogP contribution is -2.67. The molecule has 1 saturated heterocycles. The number of Topliss-reactive ketones (excluding diaryl/α,β-unsaturated/α-hetero) is 1. The molecule has 1 aliphatic rings. The summed E-state index contributed by atoms with van der Waals surface area (Å²) < 4.78 is 6.27. The molecule has 2 N–H and O–H groups in total. The van der Waals surface area contributed by atoms with E-state index in [1.54, 1.807) is 0 Å². The number of hydroxylamine groups is 1. The van der Waals surface area contributed by atoms with E-state index in [4.69, 9.17) is 9.57 Å². The molecule has 6 heteroatoms. The molecule has 39 heavy (non-hydrogen) atoms. The average Bonchev–Trinajstić information content (AvgIpc) is 2.97. The number of morpholine rings is 1. The summed E-state index contributed by atoms with van der Waals surface area (Å²) in [4.78, 5) is 32.7. The van der Waals surface area contributed by atoms with Crippen molar-refractivity contribution in [3.05, 3.63) is 71.8 Å². The Balaban J connectivity index is 1.59. The number of unbranched alkanes of at least 4 members (excludes halogenated alkanes) is 8. The molecular formula is C33H48N2O4. The molecule has 0 aromatic heterocycles. The molecule has 0 radical (unpaired) electrons. The maximum atomic E-state index is 13.8. The molecule has 0 spiro atoms. The summed E-state index contributed by atoms with van der Waals surface area (Å²) in [7, 11) is 0. The molecule has 2 unspecified atom stereocenters. The summed E-state index contributed by atoms with van der Waals surface area (Å²) in [5.74, 6) is -0.318. The van der Waals surface area contributed by atoms with Gasteiger partial charge < -0.3 is 10.1 Å². The highest BCUT2D eigenvalue weighted by molar-refractivity contribution is 5.96. The first-order chi connectivity index (χ1) is 19.2. The van der Waals surface area contributed by atoms with Crippen LogP contribution < -0.4 is 10.8 Å². The second-order valence-electron chi connectivity index (χ2n) is 10.7. The van der Waals surface area contributed by atoms with Gasteiger partial charge in [0.2, 0.25) is 0 Å². The molecule has 0 aliphatic carbocycles.